The van der Waals surface area contributed by atoms with E-state index in [1.165, 1.54) is 10.9 Å². The van der Waals surface area contributed by atoms with Gasteiger partial charge < -0.3 is 10.3 Å². The van der Waals surface area contributed by atoms with E-state index in [0.717, 1.165) is 17.9 Å². The molecule has 0 amide bonds. The van der Waals surface area contributed by atoms with Gasteiger partial charge in [0.15, 0.2) is 0 Å². The Balaban J connectivity index is 1.73. The Kier molecular flexibility index (Phi) is 3.25. The fraction of sp³-hybridized carbons (Fsp3) is 0.200. The maximum atomic E-state index is 4.36. The van der Waals surface area contributed by atoms with Crippen LogP contribution in [0.1, 0.15) is 24.2 Å². The monoisotopic (exact) mass is 252 g/mol. The molecule has 4 heteroatoms. The van der Waals surface area contributed by atoms with Crippen molar-refractivity contribution in [2.45, 2.75) is 19.5 Å². The number of hydrogen-bond acceptors (Lipinski definition) is 3. The molecule has 3 heterocycles. The van der Waals surface area contributed by atoms with E-state index in [9.17, 15) is 0 Å². The number of fused-ring (bicyclic) bond motifs is 1. The van der Waals surface area contributed by atoms with Crippen molar-refractivity contribution in [3.63, 3.8) is 0 Å². The topological polar surface area (TPSA) is 53.6 Å². The summed E-state index contributed by atoms with van der Waals surface area (Å²) in [6, 6.07) is 10.2. The third-order valence-corrected chi connectivity index (χ3v) is 3.27. The Morgan fingerprint density at radius 2 is 2.05 bits per heavy atom. The molecule has 2 N–H and O–H groups in total. The zero-order valence-corrected chi connectivity index (χ0v) is 10.8. The summed E-state index contributed by atoms with van der Waals surface area (Å²) in [6.07, 6.45) is 5.63. The van der Waals surface area contributed by atoms with E-state index in [1.807, 2.05) is 36.7 Å². The molecular formula is C15H16N4. The summed E-state index contributed by atoms with van der Waals surface area (Å²) in [5.74, 6) is 0. The Bertz CT molecular complexity index is 660. The summed E-state index contributed by atoms with van der Waals surface area (Å²) in [4.78, 5) is 11.8. The molecule has 1 atom stereocenters. The summed E-state index contributed by atoms with van der Waals surface area (Å²) >= 11 is 0. The van der Waals surface area contributed by atoms with Crippen molar-refractivity contribution >= 4 is 11.0 Å². The number of nitrogens with one attached hydrogen (secondary N) is 2. The van der Waals surface area contributed by atoms with Gasteiger partial charge >= 0.3 is 0 Å². The fourth-order valence-electron chi connectivity index (χ4n) is 2.16. The van der Waals surface area contributed by atoms with E-state index in [1.54, 1.807) is 6.20 Å². The number of aromatic amines is 1. The first-order valence-electron chi connectivity index (χ1n) is 6.40. The van der Waals surface area contributed by atoms with Crippen molar-refractivity contribution < 1.29 is 0 Å². The zero-order valence-electron chi connectivity index (χ0n) is 10.8. The second kappa shape index (κ2) is 5.20. The molecule has 3 aromatic rings. The van der Waals surface area contributed by atoms with Gasteiger partial charge in [0.25, 0.3) is 0 Å². The second-order valence-electron chi connectivity index (χ2n) is 4.57. The van der Waals surface area contributed by atoms with Crippen LogP contribution in [0.2, 0.25) is 0 Å². The second-order valence-corrected chi connectivity index (χ2v) is 4.57. The van der Waals surface area contributed by atoms with E-state index in [4.69, 9.17) is 0 Å². The lowest BCUT2D eigenvalue weighted by molar-refractivity contribution is 0.563. The van der Waals surface area contributed by atoms with Crippen LogP contribution >= 0.6 is 0 Å². The molecule has 0 bridgehead atoms. The number of rotatable bonds is 4. The van der Waals surface area contributed by atoms with Gasteiger partial charge in [-0.15, -0.1) is 0 Å². The molecule has 0 aliphatic rings. The van der Waals surface area contributed by atoms with Gasteiger partial charge in [0.2, 0.25) is 0 Å². The standard InChI is InChI=1S/C15H16N4/c1-11(14-6-2-3-7-16-14)18-9-12-10-19-15-13(12)5-4-8-17-15/h2-8,10-11,18H,9H2,1H3,(H,17,19)/t11-/m0/s1. The van der Waals surface area contributed by atoms with Gasteiger partial charge in [0.05, 0.1) is 5.69 Å². The number of pyridine rings is 2. The molecule has 96 valence electrons. The lowest BCUT2D eigenvalue weighted by Crippen LogP contribution is -2.18. The van der Waals surface area contributed by atoms with Crippen molar-refractivity contribution in [1.29, 1.82) is 0 Å². The van der Waals surface area contributed by atoms with E-state index < -0.39 is 0 Å². The van der Waals surface area contributed by atoms with Crippen LogP contribution in [0, 0.1) is 0 Å². The predicted octanol–water partition coefficient (Wildman–Crippen LogP) is 2.81. The van der Waals surface area contributed by atoms with Crippen molar-refractivity contribution in [3.05, 3.63) is 60.2 Å². The Labute approximate surface area is 111 Å². The molecule has 0 fully saturated rings. The lowest BCUT2D eigenvalue weighted by Gasteiger charge is -2.12. The van der Waals surface area contributed by atoms with Gasteiger partial charge in [-0.2, -0.15) is 0 Å². The molecule has 3 aromatic heterocycles. The van der Waals surface area contributed by atoms with Gasteiger partial charge in [-0.1, -0.05) is 6.07 Å². The average molecular weight is 252 g/mol. The lowest BCUT2D eigenvalue weighted by atomic mass is 10.2. The summed E-state index contributed by atoms with van der Waals surface area (Å²) in [5.41, 5.74) is 3.22. The molecule has 0 saturated carbocycles. The Morgan fingerprint density at radius 1 is 1.16 bits per heavy atom. The van der Waals surface area contributed by atoms with Crippen LogP contribution < -0.4 is 5.32 Å². The normalized spacial score (nSPS) is 12.7. The van der Waals surface area contributed by atoms with Crippen molar-refractivity contribution in [1.82, 2.24) is 20.3 Å². The Hall–Kier alpha value is -2.20. The molecular weight excluding hydrogens is 236 g/mol. The third kappa shape index (κ3) is 2.48. The Morgan fingerprint density at radius 3 is 2.89 bits per heavy atom. The number of aromatic nitrogens is 3. The molecule has 0 radical (unpaired) electrons. The minimum atomic E-state index is 0.225. The quantitative estimate of drug-likeness (QED) is 0.750. The molecule has 0 unspecified atom stereocenters. The molecule has 4 nitrogen and oxygen atoms in total. The first-order chi connectivity index (χ1) is 9.34. The predicted molar refractivity (Wildman–Crippen MR) is 75.6 cm³/mol. The van der Waals surface area contributed by atoms with Crippen molar-refractivity contribution in [2.24, 2.45) is 0 Å². The van der Waals surface area contributed by atoms with Crippen LogP contribution in [-0.2, 0) is 6.54 Å². The first-order valence-corrected chi connectivity index (χ1v) is 6.40. The largest absolute Gasteiger partial charge is 0.346 e. The molecule has 3 rings (SSSR count). The van der Waals surface area contributed by atoms with Gasteiger partial charge in [0.1, 0.15) is 5.65 Å². The van der Waals surface area contributed by atoms with Crippen LogP contribution in [0.5, 0.6) is 0 Å². The van der Waals surface area contributed by atoms with Crippen molar-refractivity contribution in [3.8, 4) is 0 Å². The number of hydrogen-bond donors (Lipinski definition) is 2. The number of nitrogens with zero attached hydrogens (tertiary/aromatic N) is 2. The highest BCUT2D eigenvalue weighted by Gasteiger charge is 2.08. The fourth-order valence-corrected chi connectivity index (χ4v) is 2.16. The highest BCUT2D eigenvalue weighted by molar-refractivity contribution is 5.79. The molecule has 0 aromatic carbocycles. The van der Waals surface area contributed by atoms with E-state index in [2.05, 4.69) is 33.3 Å². The van der Waals surface area contributed by atoms with E-state index >= 15 is 0 Å². The SMILES string of the molecule is C[C@H](NCc1c[nH]c2ncccc12)c1ccccn1. The summed E-state index contributed by atoms with van der Waals surface area (Å²) in [6.45, 7) is 2.92. The maximum absolute atomic E-state index is 4.36. The zero-order chi connectivity index (χ0) is 13.1. The summed E-state index contributed by atoms with van der Waals surface area (Å²) < 4.78 is 0. The molecule has 0 spiro atoms. The molecule has 0 aliphatic carbocycles. The first kappa shape index (κ1) is 11.9. The smallest absolute Gasteiger partial charge is 0.137 e. The minimum Gasteiger partial charge on any atom is -0.346 e. The van der Waals surface area contributed by atoms with Crippen LogP contribution in [0.15, 0.2) is 48.9 Å². The van der Waals surface area contributed by atoms with Crippen LogP contribution in [0.3, 0.4) is 0 Å². The molecule has 0 saturated heterocycles. The van der Waals surface area contributed by atoms with E-state index in [-0.39, 0.29) is 6.04 Å². The van der Waals surface area contributed by atoms with Gasteiger partial charge in [-0.25, -0.2) is 4.98 Å². The van der Waals surface area contributed by atoms with Crippen LogP contribution in [0.25, 0.3) is 11.0 Å². The minimum absolute atomic E-state index is 0.225. The summed E-state index contributed by atoms with van der Waals surface area (Å²) in [5, 5.41) is 4.65. The molecule has 0 aliphatic heterocycles. The highest BCUT2D eigenvalue weighted by Crippen LogP contribution is 2.17. The van der Waals surface area contributed by atoms with Gasteiger partial charge in [-0.3, -0.25) is 4.98 Å². The van der Waals surface area contributed by atoms with Crippen LogP contribution in [-0.4, -0.2) is 15.0 Å². The number of H-pyrrole nitrogens is 1. The maximum Gasteiger partial charge on any atom is 0.137 e. The van der Waals surface area contributed by atoms with Crippen molar-refractivity contribution in [2.75, 3.05) is 0 Å². The van der Waals surface area contributed by atoms with Crippen LogP contribution in [0.4, 0.5) is 0 Å². The highest BCUT2D eigenvalue weighted by atomic mass is 14.9. The summed E-state index contributed by atoms with van der Waals surface area (Å²) in [7, 11) is 0. The van der Waals surface area contributed by atoms with Gasteiger partial charge in [-0.05, 0) is 36.8 Å². The van der Waals surface area contributed by atoms with Gasteiger partial charge in [0, 0.05) is 36.6 Å². The van der Waals surface area contributed by atoms with E-state index in [0.29, 0.717) is 0 Å². The molecule has 19 heavy (non-hydrogen) atoms. The average Bonchev–Trinajstić information content (AvgIpc) is 2.89. The third-order valence-electron chi connectivity index (χ3n) is 3.27.